The highest BCUT2D eigenvalue weighted by Gasteiger charge is 2.09. The van der Waals surface area contributed by atoms with E-state index >= 15 is 0 Å². The number of aliphatic imine (C=N–C) groups is 1. The van der Waals surface area contributed by atoms with E-state index < -0.39 is 0 Å². The molecule has 17 heavy (non-hydrogen) atoms. The Morgan fingerprint density at radius 1 is 1.29 bits per heavy atom. The minimum atomic E-state index is 0.757. The van der Waals surface area contributed by atoms with E-state index in [4.69, 9.17) is 0 Å². The van der Waals surface area contributed by atoms with E-state index in [2.05, 4.69) is 27.1 Å². The summed E-state index contributed by atoms with van der Waals surface area (Å²) in [5.41, 5.74) is 0. The van der Waals surface area contributed by atoms with Gasteiger partial charge >= 0.3 is 0 Å². The van der Waals surface area contributed by atoms with Crippen LogP contribution in [0, 0.1) is 0 Å². The molecule has 1 fully saturated rings. The van der Waals surface area contributed by atoms with Crippen LogP contribution < -0.4 is 10.6 Å². The van der Waals surface area contributed by atoms with Crippen molar-refractivity contribution in [1.29, 1.82) is 0 Å². The lowest BCUT2D eigenvalue weighted by atomic mass is 10.3. The van der Waals surface area contributed by atoms with Gasteiger partial charge in [-0.1, -0.05) is 6.08 Å². The molecule has 0 aromatic rings. The molecule has 1 aliphatic heterocycles. The summed E-state index contributed by atoms with van der Waals surface area (Å²) in [6.45, 7) is 9.27. The highest BCUT2D eigenvalue weighted by atomic mass is 15.2. The third kappa shape index (κ3) is 6.31. The van der Waals surface area contributed by atoms with Gasteiger partial charge in [0.15, 0.2) is 5.96 Å². The maximum absolute atomic E-state index is 4.14. The average molecular weight is 238 g/mol. The molecule has 0 atom stereocenters. The Balaban J connectivity index is 1.96. The van der Waals surface area contributed by atoms with Gasteiger partial charge in [-0.05, 0) is 45.3 Å². The Kier molecular flexibility index (Phi) is 7.47. The predicted molar refractivity (Wildman–Crippen MR) is 74.5 cm³/mol. The third-order valence-electron chi connectivity index (χ3n) is 3.03. The number of rotatable bonds is 7. The molecule has 1 saturated heterocycles. The standard InChI is InChI=1S/C13H26N4/c1-3-8-15-13(14-2)16-9-4-5-10-17-11-6-7-12-17/h3H,1,4-12H2,2H3,(H2,14,15,16). The van der Waals surface area contributed by atoms with E-state index in [1.165, 1.54) is 45.3 Å². The van der Waals surface area contributed by atoms with Crippen molar-refractivity contribution in [2.45, 2.75) is 25.7 Å². The summed E-state index contributed by atoms with van der Waals surface area (Å²) in [6, 6.07) is 0. The molecule has 98 valence electrons. The SMILES string of the molecule is C=CCNC(=NC)NCCCCN1CCCC1. The Morgan fingerprint density at radius 2 is 2.06 bits per heavy atom. The first kappa shape index (κ1) is 14.0. The number of guanidine groups is 1. The van der Waals surface area contributed by atoms with Crippen molar-refractivity contribution >= 4 is 5.96 Å². The third-order valence-corrected chi connectivity index (χ3v) is 3.03. The summed E-state index contributed by atoms with van der Waals surface area (Å²) in [6.07, 6.45) is 7.07. The van der Waals surface area contributed by atoms with Crippen molar-refractivity contribution in [3.8, 4) is 0 Å². The first-order valence-electron chi connectivity index (χ1n) is 6.64. The number of unbranched alkanes of at least 4 members (excludes halogenated alkanes) is 1. The fourth-order valence-electron chi connectivity index (χ4n) is 2.06. The quantitative estimate of drug-likeness (QED) is 0.303. The van der Waals surface area contributed by atoms with Crippen molar-refractivity contribution < 1.29 is 0 Å². The monoisotopic (exact) mass is 238 g/mol. The van der Waals surface area contributed by atoms with Crippen molar-refractivity contribution in [3.05, 3.63) is 12.7 Å². The van der Waals surface area contributed by atoms with Gasteiger partial charge in [0.25, 0.3) is 0 Å². The Morgan fingerprint density at radius 3 is 2.71 bits per heavy atom. The van der Waals surface area contributed by atoms with Crippen LogP contribution in [0.1, 0.15) is 25.7 Å². The molecule has 1 heterocycles. The molecule has 4 nitrogen and oxygen atoms in total. The zero-order valence-corrected chi connectivity index (χ0v) is 11.0. The number of likely N-dealkylation sites (tertiary alicyclic amines) is 1. The van der Waals surface area contributed by atoms with Gasteiger partial charge in [0.1, 0.15) is 0 Å². The lowest BCUT2D eigenvalue weighted by Gasteiger charge is -2.14. The molecule has 1 aliphatic rings. The van der Waals surface area contributed by atoms with E-state index in [-0.39, 0.29) is 0 Å². The topological polar surface area (TPSA) is 39.7 Å². The fourth-order valence-corrected chi connectivity index (χ4v) is 2.06. The van der Waals surface area contributed by atoms with Crippen LogP contribution >= 0.6 is 0 Å². The number of hydrogen-bond donors (Lipinski definition) is 2. The normalized spacial score (nSPS) is 17.1. The molecule has 0 bridgehead atoms. The molecule has 0 aliphatic carbocycles. The first-order valence-corrected chi connectivity index (χ1v) is 6.64. The van der Waals surface area contributed by atoms with Crippen LogP contribution in [0.2, 0.25) is 0 Å². The molecule has 1 rings (SSSR count). The summed E-state index contributed by atoms with van der Waals surface area (Å²) in [5.74, 6) is 0.867. The van der Waals surface area contributed by atoms with Crippen molar-refractivity contribution in [3.63, 3.8) is 0 Å². The minimum absolute atomic E-state index is 0.757. The van der Waals surface area contributed by atoms with Gasteiger partial charge < -0.3 is 15.5 Å². The van der Waals surface area contributed by atoms with Gasteiger partial charge in [-0.25, -0.2) is 0 Å². The Bertz CT molecular complexity index is 232. The van der Waals surface area contributed by atoms with Gasteiger partial charge in [-0.15, -0.1) is 6.58 Å². The van der Waals surface area contributed by atoms with Crippen LogP contribution in [-0.4, -0.2) is 50.6 Å². The smallest absolute Gasteiger partial charge is 0.191 e. The molecule has 0 amide bonds. The van der Waals surface area contributed by atoms with E-state index in [0.29, 0.717) is 0 Å². The molecular formula is C13H26N4. The second-order valence-corrected chi connectivity index (χ2v) is 4.42. The molecule has 0 saturated carbocycles. The Hall–Kier alpha value is -1.03. The van der Waals surface area contributed by atoms with Gasteiger partial charge in [0.2, 0.25) is 0 Å². The fraction of sp³-hybridized carbons (Fsp3) is 0.769. The van der Waals surface area contributed by atoms with Crippen molar-refractivity contribution in [1.82, 2.24) is 15.5 Å². The molecule has 0 aromatic carbocycles. The van der Waals surface area contributed by atoms with Crippen LogP contribution in [0.15, 0.2) is 17.6 Å². The maximum atomic E-state index is 4.14. The zero-order chi connectivity index (χ0) is 12.3. The zero-order valence-electron chi connectivity index (χ0n) is 11.0. The lowest BCUT2D eigenvalue weighted by molar-refractivity contribution is 0.330. The van der Waals surface area contributed by atoms with Gasteiger partial charge in [-0.2, -0.15) is 0 Å². The molecule has 0 unspecified atom stereocenters. The summed E-state index contributed by atoms with van der Waals surface area (Å²) < 4.78 is 0. The second-order valence-electron chi connectivity index (χ2n) is 4.42. The van der Waals surface area contributed by atoms with E-state index in [1.807, 2.05) is 6.08 Å². The van der Waals surface area contributed by atoms with Crippen molar-refractivity contribution in [2.24, 2.45) is 4.99 Å². The van der Waals surface area contributed by atoms with Gasteiger partial charge in [-0.3, -0.25) is 4.99 Å². The summed E-state index contributed by atoms with van der Waals surface area (Å²) >= 11 is 0. The highest BCUT2D eigenvalue weighted by molar-refractivity contribution is 5.79. The van der Waals surface area contributed by atoms with Crippen LogP contribution in [0.4, 0.5) is 0 Å². The molecule has 2 N–H and O–H groups in total. The Labute approximate surface area is 105 Å². The van der Waals surface area contributed by atoms with E-state index in [1.54, 1.807) is 7.05 Å². The number of nitrogens with zero attached hydrogens (tertiary/aromatic N) is 2. The molecule has 4 heteroatoms. The van der Waals surface area contributed by atoms with Crippen LogP contribution in [-0.2, 0) is 0 Å². The van der Waals surface area contributed by atoms with Crippen LogP contribution in [0.3, 0.4) is 0 Å². The predicted octanol–water partition coefficient (Wildman–Crippen LogP) is 1.21. The van der Waals surface area contributed by atoms with Crippen molar-refractivity contribution in [2.75, 3.05) is 39.8 Å². The van der Waals surface area contributed by atoms with Crippen LogP contribution in [0.5, 0.6) is 0 Å². The van der Waals surface area contributed by atoms with Crippen LogP contribution in [0.25, 0.3) is 0 Å². The molecule has 0 radical (unpaired) electrons. The summed E-state index contributed by atoms with van der Waals surface area (Å²) in [4.78, 5) is 6.70. The average Bonchev–Trinajstić information content (AvgIpc) is 2.85. The minimum Gasteiger partial charge on any atom is -0.356 e. The second kappa shape index (κ2) is 9.05. The highest BCUT2D eigenvalue weighted by Crippen LogP contribution is 2.07. The largest absolute Gasteiger partial charge is 0.356 e. The van der Waals surface area contributed by atoms with Gasteiger partial charge in [0, 0.05) is 20.1 Å². The molecule has 0 aromatic heterocycles. The summed E-state index contributed by atoms with van der Waals surface area (Å²) in [5, 5.41) is 6.46. The first-order chi connectivity index (χ1) is 8.36. The lowest BCUT2D eigenvalue weighted by Crippen LogP contribution is -2.37. The molecular weight excluding hydrogens is 212 g/mol. The number of hydrogen-bond acceptors (Lipinski definition) is 2. The van der Waals surface area contributed by atoms with Gasteiger partial charge in [0.05, 0.1) is 0 Å². The molecule has 0 spiro atoms. The maximum Gasteiger partial charge on any atom is 0.191 e. The van der Waals surface area contributed by atoms with E-state index in [0.717, 1.165) is 19.0 Å². The number of nitrogens with one attached hydrogen (secondary N) is 2. The van der Waals surface area contributed by atoms with E-state index in [9.17, 15) is 0 Å². The summed E-state index contributed by atoms with van der Waals surface area (Å²) in [7, 11) is 1.79.